The van der Waals surface area contributed by atoms with E-state index in [2.05, 4.69) is 29.8 Å². The van der Waals surface area contributed by atoms with Crippen LogP contribution < -0.4 is 4.90 Å². The molecule has 1 aliphatic rings. The van der Waals surface area contributed by atoms with Crippen LogP contribution in [0, 0.1) is 23.7 Å². The topological polar surface area (TPSA) is 39.9 Å². The van der Waals surface area contributed by atoms with Crippen LogP contribution in [0.5, 0.6) is 0 Å². The molecular weight excluding hydrogens is 222 g/mol. The molecular formula is C15H21N3. The second-order valence-corrected chi connectivity index (χ2v) is 5.59. The van der Waals surface area contributed by atoms with Crippen LogP contribution in [0.3, 0.4) is 0 Å². The predicted molar refractivity (Wildman–Crippen MR) is 73.5 cm³/mol. The summed E-state index contributed by atoms with van der Waals surface area (Å²) >= 11 is 0. The Balaban J connectivity index is 2.21. The van der Waals surface area contributed by atoms with Gasteiger partial charge >= 0.3 is 0 Å². The number of anilines is 1. The maximum Gasteiger partial charge on any atom is 0.146 e. The highest BCUT2D eigenvalue weighted by molar-refractivity contribution is 5.57. The van der Waals surface area contributed by atoms with Crippen molar-refractivity contribution in [1.29, 1.82) is 5.26 Å². The zero-order valence-electron chi connectivity index (χ0n) is 11.5. The highest BCUT2D eigenvalue weighted by atomic mass is 15.2. The Bertz CT molecular complexity index is 465. The summed E-state index contributed by atoms with van der Waals surface area (Å²) in [5, 5.41) is 9.26. The lowest BCUT2D eigenvalue weighted by molar-refractivity contribution is 0.237. The summed E-state index contributed by atoms with van der Waals surface area (Å²) in [5.41, 5.74) is 2.22. The summed E-state index contributed by atoms with van der Waals surface area (Å²) in [4.78, 5) is 6.68. The zero-order valence-corrected chi connectivity index (χ0v) is 11.5. The number of piperidine rings is 1. The van der Waals surface area contributed by atoms with E-state index in [1.807, 2.05) is 13.0 Å². The number of rotatable bonds is 2. The molecule has 0 aliphatic carbocycles. The Morgan fingerprint density at radius 1 is 1.44 bits per heavy atom. The zero-order chi connectivity index (χ0) is 13.2. The van der Waals surface area contributed by atoms with E-state index in [-0.39, 0.29) is 0 Å². The van der Waals surface area contributed by atoms with Gasteiger partial charge in [0.2, 0.25) is 0 Å². The summed E-state index contributed by atoms with van der Waals surface area (Å²) in [5.74, 6) is 0.871. The molecule has 1 aromatic rings. The molecule has 96 valence electrons. The van der Waals surface area contributed by atoms with Crippen LogP contribution in [0.4, 0.5) is 5.82 Å². The third-order valence-corrected chi connectivity index (χ3v) is 4.37. The van der Waals surface area contributed by atoms with Crippen molar-refractivity contribution in [3.8, 4) is 6.07 Å². The first kappa shape index (κ1) is 12.9. The maximum absolute atomic E-state index is 9.26. The van der Waals surface area contributed by atoms with Crippen LogP contribution in [-0.4, -0.2) is 18.1 Å². The molecule has 0 aromatic carbocycles. The monoisotopic (exact) mass is 243 g/mol. The van der Waals surface area contributed by atoms with Crippen molar-refractivity contribution in [2.24, 2.45) is 5.41 Å². The molecule has 0 saturated carbocycles. The molecule has 0 amide bonds. The lowest BCUT2D eigenvalue weighted by Crippen LogP contribution is -2.39. The van der Waals surface area contributed by atoms with Crippen LogP contribution in [0.1, 0.15) is 44.2 Å². The average molecular weight is 243 g/mol. The van der Waals surface area contributed by atoms with E-state index in [4.69, 9.17) is 0 Å². The van der Waals surface area contributed by atoms with Gasteiger partial charge in [-0.05, 0) is 36.8 Å². The van der Waals surface area contributed by atoms with E-state index in [9.17, 15) is 5.26 Å². The second-order valence-electron chi connectivity index (χ2n) is 5.59. The standard InChI is InChI=1S/C15H21N3/c1-4-15(3)6-9-18(10-7-15)14-13(11-16)12(2)5-8-17-14/h5,8H,4,6-7,9-10H2,1-3H3. The number of hydrogen-bond acceptors (Lipinski definition) is 3. The number of pyridine rings is 1. The smallest absolute Gasteiger partial charge is 0.146 e. The molecule has 2 heterocycles. The Labute approximate surface area is 109 Å². The van der Waals surface area contributed by atoms with E-state index in [0.29, 0.717) is 5.41 Å². The Kier molecular flexibility index (Phi) is 3.56. The summed E-state index contributed by atoms with van der Waals surface area (Å²) < 4.78 is 0. The molecule has 0 bridgehead atoms. The fourth-order valence-corrected chi connectivity index (χ4v) is 2.53. The highest BCUT2D eigenvalue weighted by Gasteiger charge is 2.29. The van der Waals surface area contributed by atoms with Crippen molar-refractivity contribution in [2.45, 2.75) is 40.0 Å². The molecule has 0 atom stereocenters. The van der Waals surface area contributed by atoms with Gasteiger partial charge < -0.3 is 4.90 Å². The van der Waals surface area contributed by atoms with Gasteiger partial charge in [-0.2, -0.15) is 5.26 Å². The van der Waals surface area contributed by atoms with E-state index in [0.717, 1.165) is 30.0 Å². The van der Waals surface area contributed by atoms with Crippen LogP contribution in [0.15, 0.2) is 12.3 Å². The van der Waals surface area contributed by atoms with Crippen molar-refractivity contribution < 1.29 is 0 Å². The van der Waals surface area contributed by atoms with E-state index in [1.165, 1.54) is 19.3 Å². The molecule has 2 rings (SSSR count). The van der Waals surface area contributed by atoms with E-state index < -0.39 is 0 Å². The Hall–Kier alpha value is -1.56. The minimum atomic E-state index is 0.465. The Morgan fingerprint density at radius 3 is 2.67 bits per heavy atom. The van der Waals surface area contributed by atoms with Gasteiger partial charge in [-0.15, -0.1) is 0 Å². The van der Waals surface area contributed by atoms with Crippen molar-refractivity contribution in [1.82, 2.24) is 4.98 Å². The first-order valence-electron chi connectivity index (χ1n) is 6.70. The highest BCUT2D eigenvalue weighted by Crippen LogP contribution is 2.36. The van der Waals surface area contributed by atoms with Gasteiger partial charge in [-0.3, -0.25) is 0 Å². The van der Waals surface area contributed by atoms with Crippen LogP contribution in [0.2, 0.25) is 0 Å². The normalized spacial score (nSPS) is 18.4. The molecule has 0 unspecified atom stereocenters. The van der Waals surface area contributed by atoms with Crippen LogP contribution in [0.25, 0.3) is 0 Å². The summed E-state index contributed by atoms with van der Waals surface area (Å²) in [6, 6.07) is 4.20. The number of nitriles is 1. The largest absolute Gasteiger partial charge is 0.355 e. The number of nitrogens with zero attached hydrogens (tertiary/aromatic N) is 3. The van der Waals surface area contributed by atoms with Gasteiger partial charge in [0.05, 0.1) is 5.56 Å². The lowest BCUT2D eigenvalue weighted by Gasteiger charge is -2.39. The molecule has 3 heteroatoms. The molecule has 1 aliphatic heterocycles. The average Bonchev–Trinajstić information content (AvgIpc) is 2.39. The van der Waals surface area contributed by atoms with Gasteiger partial charge in [0, 0.05) is 19.3 Å². The summed E-state index contributed by atoms with van der Waals surface area (Å²) in [6.45, 7) is 8.62. The lowest BCUT2D eigenvalue weighted by atomic mass is 9.78. The van der Waals surface area contributed by atoms with Gasteiger partial charge in [-0.1, -0.05) is 20.3 Å². The fraction of sp³-hybridized carbons (Fsp3) is 0.600. The van der Waals surface area contributed by atoms with Gasteiger partial charge in [0.25, 0.3) is 0 Å². The van der Waals surface area contributed by atoms with Gasteiger partial charge in [-0.25, -0.2) is 4.98 Å². The van der Waals surface area contributed by atoms with Crippen molar-refractivity contribution in [3.05, 3.63) is 23.4 Å². The quantitative estimate of drug-likeness (QED) is 0.800. The molecule has 1 saturated heterocycles. The van der Waals surface area contributed by atoms with Crippen LogP contribution in [-0.2, 0) is 0 Å². The molecule has 0 radical (unpaired) electrons. The van der Waals surface area contributed by atoms with Crippen molar-refractivity contribution >= 4 is 5.82 Å². The van der Waals surface area contributed by atoms with Crippen molar-refractivity contribution in [2.75, 3.05) is 18.0 Å². The minimum Gasteiger partial charge on any atom is -0.355 e. The third kappa shape index (κ3) is 2.33. The first-order valence-corrected chi connectivity index (χ1v) is 6.70. The Morgan fingerprint density at radius 2 is 2.11 bits per heavy atom. The SMILES string of the molecule is CCC1(C)CCN(c2nccc(C)c2C#N)CC1. The van der Waals surface area contributed by atoms with Gasteiger partial charge in [0.1, 0.15) is 11.9 Å². The number of hydrogen-bond donors (Lipinski definition) is 0. The second kappa shape index (κ2) is 4.97. The maximum atomic E-state index is 9.26. The van der Waals surface area contributed by atoms with Gasteiger partial charge in [0.15, 0.2) is 0 Å². The minimum absolute atomic E-state index is 0.465. The van der Waals surface area contributed by atoms with Crippen molar-refractivity contribution in [3.63, 3.8) is 0 Å². The molecule has 0 N–H and O–H groups in total. The fourth-order valence-electron chi connectivity index (χ4n) is 2.53. The molecule has 1 aromatic heterocycles. The summed E-state index contributed by atoms with van der Waals surface area (Å²) in [7, 11) is 0. The predicted octanol–water partition coefficient (Wildman–Crippen LogP) is 3.28. The summed E-state index contributed by atoms with van der Waals surface area (Å²) in [6.07, 6.45) is 5.40. The molecule has 1 fully saturated rings. The van der Waals surface area contributed by atoms with Crippen LogP contribution >= 0.6 is 0 Å². The number of aryl methyl sites for hydroxylation is 1. The molecule has 0 spiro atoms. The van der Waals surface area contributed by atoms with E-state index >= 15 is 0 Å². The third-order valence-electron chi connectivity index (χ3n) is 4.37. The van der Waals surface area contributed by atoms with E-state index in [1.54, 1.807) is 6.20 Å². The number of aromatic nitrogens is 1. The molecule has 3 nitrogen and oxygen atoms in total. The first-order chi connectivity index (χ1) is 8.59. The molecule has 18 heavy (non-hydrogen) atoms.